The van der Waals surface area contributed by atoms with Crippen LogP contribution in [0.4, 0.5) is 5.69 Å². The Hall–Kier alpha value is -3.08. The molecule has 1 atom stereocenters. The van der Waals surface area contributed by atoms with Crippen molar-refractivity contribution < 1.29 is 19.1 Å². The number of rotatable bonds is 4. The Kier molecular flexibility index (Phi) is 5.14. The van der Waals surface area contributed by atoms with Crippen LogP contribution >= 0.6 is 0 Å². The third-order valence-electron chi connectivity index (χ3n) is 5.74. The van der Waals surface area contributed by atoms with Crippen molar-refractivity contribution in [3.8, 4) is 11.5 Å². The van der Waals surface area contributed by atoms with Gasteiger partial charge in [-0.15, -0.1) is 0 Å². The van der Waals surface area contributed by atoms with Gasteiger partial charge < -0.3 is 9.47 Å². The number of carbonyl (C=O) groups excluding carboxylic acids is 2. The van der Waals surface area contributed by atoms with Crippen molar-refractivity contribution in [1.82, 2.24) is 0 Å². The van der Waals surface area contributed by atoms with Gasteiger partial charge in [-0.2, -0.15) is 0 Å². The maximum atomic E-state index is 13.3. The number of anilines is 1. The van der Waals surface area contributed by atoms with Crippen molar-refractivity contribution in [3.05, 3.63) is 64.9 Å². The van der Waals surface area contributed by atoms with E-state index in [1.807, 2.05) is 49.4 Å². The van der Waals surface area contributed by atoms with Gasteiger partial charge in [0.25, 0.3) is 0 Å². The molecule has 2 aromatic carbocycles. The molecule has 2 aromatic rings. The number of amides is 1. The van der Waals surface area contributed by atoms with Crippen molar-refractivity contribution in [1.29, 1.82) is 0 Å². The molecule has 1 amide bonds. The summed E-state index contributed by atoms with van der Waals surface area (Å²) >= 11 is 0. The number of hydrogen-bond acceptors (Lipinski definition) is 4. The first kappa shape index (κ1) is 19.2. The zero-order valence-corrected chi connectivity index (χ0v) is 17.0. The highest BCUT2D eigenvalue weighted by atomic mass is 16.5. The quantitative estimate of drug-likeness (QED) is 0.768. The Bertz CT molecular complexity index is 1010. The molecule has 2 aliphatic rings. The Morgan fingerprint density at radius 3 is 2.52 bits per heavy atom. The second kappa shape index (κ2) is 7.74. The van der Waals surface area contributed by atoms with Crippen molar-refractivity contribution in [3.63, 3.8) is 0 Å². The molecule has 0 spiro atoms. The molecule has 1 aliphatic carbocycles. The van der Waals surface area contributed by atoms with Gasteiger partial charge in [-0.3, -0.25) is 14.5 Å². The van der Waals surface area contributed by atoms with Gasteiger partial charge >= 0.3 is 0 Å². The number of para-hydroxylation sites is 1. The smallest absolute Gasteiger partial charge is 0.232 e. The number of carbonyl (C=O) groups is 2. The van der Waals surface area contributed by atoms with Crippen molar-refractivity contribution in [2.45, 2.75) is 38.5 Å². The van der Waals surface area contributed by atoms with Crippen LogP contribution < -0.4 is 14.4 Å². The number of aryl methyl sites for hydroxylation is 1. The third-order valence-corrected chi connectivity index (χ3v) is 5.74. The molecule has 0 N–H and O–H groups in total. The van der Waals surface area contributed by atoms with E-state index in [9.17, 15) is 9.59 Å². The number of allylic oxidation sites excluding steroid dienone is 2. The zero-order valence-electron chi connectivity index (χ0n) is 17.0. The lowest BCUT2D eigenvalue weighted by atomic mass is 9.76. The summed E-state index contributed by atoms with van der Waals surface area (Å²) in [4.78, 5) is 28.1. The number of ketones is 1. The average Bonchev–Trinajstić information content (AvgIpc) is 2.72. The van der Waals surface area contributed by atoms with Crippen molar-refractivity contribution >= 4 is 17.4 Å². The fourth-order valence-corrected chi connectivity index (χ4v) is 4.51. The number of benzene rings is 2. The summed E-state index contributed by atoms with van der Waals surface area (Å²) in [5, 5.41) is 0. The second-order valence-electron chi connectivity index (χ2n) is 7.54. The molecular formula is C24H25NO4. The van der Waals surface area contributed by atoms with E-state index in [4.69, 9.17) is 9.47 Å². The van der Waals surface area contributed by atoms with E-state index in [2.05, 4.69) is 0 Å². The zero-order chi connectivity index (χ0) is 20.5. The molecule has 150 valence electrons. The molecule has 1 unspecified atom stereocenters. The molecule has 29 heavy (non-hydrogen) atoms. The van der Waals surface area contributed by atoms with Gasteiger partial charge in [-0.05, 0) is 43.5 Å². The van der Waals surface area contributed by atoms with Crippen LogP contribution in [0.25, 0.3) is 0 Å². The average molecular weight is 391 g/mol. The fraction of sp³-hybridized carbons (Fsp3) is 0.333. The number of hydrogen-bond donors (Lipinski definition) is 0. The van der Waals surface area contributed by atoms with Crippen LogP contribution in [0.1, 0.15) is 42.7 Å². The first-order valence-electron chi connectivity index (χ1n) is 9.92. The fourth-order valence-electron chi connectivity index (χ4n) is 4.51. The number of nitrogens with zero attached hydrogens (tertiary/aromatic N) is 1. The standard InChI is InChI=1S/C24H25NO4/c1-15-7-4-8-16(13-15)25-19-10-6-11-20(26)23(19)18(14-22(25)27)17-9-5-12-21(28-2)24(17)29-3/h4-5,7-9,12-13,18H,6,10-11,14H2,1-3H3. The number of methoxy groups -OCH3 is 2. The van der Waals surface area contributed by atoms with E-state index in [1.54, 1.807) is 19.1 Å². The van der Waals surface area contributed by atoms with E-state index < -0.39 is 0 Å². The summed E-state index contributed by atoms with van der Waals surface area (Å²) < 4.78 is 11.1. The summed E-state index contributed by atoms with van der Waals surface area (Å²) in [6.45, 7) is 2.00. The summed E-state index contributed by atoms with van der Waals surface area (Å²) in [5.74, 6) is 0.979. The van der Waals surface area contributed by atoms with Crippen LogP contribution in [-0.4, -0.2) is 25.9 Å². The lowest BCUT2D eigenvalue weighted by molar-refractivity contribution is -0.119. The summed E-state index contributed by atoms with van der Waals surface area (Å²) in [5.41, 5.74) is 4.30. The predicted octanol–water partition coefficient (Wildman–Crippen LogP) is 4.54. The first-order chi connectivity index (χ1) is 14.0. The van der Waals surface area contributed by atoms with Gasteiger partial charge in [0.2, 0.25) is 5.91 Å². The second-order valence-corrected chi connectivity index (χ2v) is 7.54. The van der Waals surface area contributed by atoms with E-state index >= 15 is 0 Å². The van der Waals surface area contributed by atoms with Gasteiger partial charge in [0.05, 0.1) is 14.2 Å². The van der Waals surface area contributed by atoms with E-state index in [1.165, 1.54) is 0 Å². The predicted molar refractivity (Wildman–Crippen MR) is 111 cm³/mol. The topological polar surface area (TPSA) is 55.8 Å². The lowest BCUT2D eigenvalue weighted by Gasteiger charge is -2.38. The van der Waals surface area contributed by atoms with Crippen LogP contribution in [0.15, 0.2) is 53.7 Å². The molecule has 1 heterocycles. The van der Waals surface area contributed by atoms with Gasteiger partial charge in [0, 0.05) is 41.3 Å². The minimum atomic E-state index is -0.323. The van der Waals surface area contributed by atoms with Crippen molar-refractivity contribution in [2.24, 2.45) is 0 Å². The summed E-state index contributed by atoms with van der Waals surface area (Å²) in [6.07, 6.45) is 2.21. The molecule has 0 saturated carbocycles. The Morgan fingerprint density at radius 2 is 1.79 bits per heavy atom. The van der Waals surface area contributed by atoms with Gasteiger partial charge in [0.15, 0.2) is 17.3 Å². The molecule has 0 bridgehead atoms. The maximum Gasteiger partial charge on any atom is 0.232 e. The van der Waals surface area contributed by atoms with Crippen LogP contribution in [0, 0.1) is 6.92 Å². The van der Waals surface area contributed by atoms with Crippen molar-refractivity contribution in [2.75, 3.05) is 19.1 Å². The van der Waals surface area contributed by atoms with E-state index in [0.29, 0.717) is 24.3 Å². The molecule has 5 heteroatoms. The summed E-state index contributed by atoms with van der Waals surface area (Å²) in [6, 6.07) is 13.5. The van der Waals surface area contributed by atoms with E-state index in [-0.39, 0.29) is 24.0 Å². The van der Waals surface area contributed by atoms with Gasteiger partial charge in [-0.25, -0.2) is 0 Å². The monoisotopic (exact) mass is 391 g/mol. The Balaban J connectivity index is 1.90. The highest BCUT2D eigenvalue weighted by molar-refractivity contribution is 6.07. The highest BCUT2D eigenvalue weighted by Crippen LogP contribution is 2.47. The normalized spacial score (nSPS) is 19.3. The highest BCUT2D eigenvalue weighted by Gasteiger charge is 2.41. The molecular weight excluding hydrogens is 366 g/mol. The van der Waals surface area contributed by atoms with Gasteiger partial charge in [-0.1, -0.05) is 24.3 Å². The lowest BCUT2D eigenvalue weighted by Crippen LogP contribution is -2.40. The number of Topliss-reactive ketones (excluding diaryl/α,β-unsaturated/α-hetero) is 1. The summed E-state index contributed by atoms with van der Waals surface area (Å²) in [7, 11) is 3.17. The largest absolute Gasteiger partial charge is 0.493 e. The molecule has 0 saturated heterocycles. The first-order valence-corrected chi connectivity index (χ1v) is 9.92. The van der Waals surface area contributed by atoms with Gasteiger partial charge in [0.1, 0.15) is 0 Å². The molecule has 1 aliphatic heterocycles. The van der Waals surface area contributed by atoms with Crippen LogP contribution in [0.2, 0.25) is 0 Å². The minimum Gasteiger partial charge on any atom is -0.493 e. The number of ether oxygens (including phenoxy) is 2. The minimum absolute atomic E-state index is 0.000997. The molecule has 0 aromatic heterocycles. The van der Waals surface area contributed by atoms with Crippen LogP contribution in [0.3, 0.4) is 0 Å². The van der Waals surface area contributed by atoms with Crippen LogP contribution in [-0.2, 0) is 9.59 Å². The SMILES string of the molecule is COc1cccc(C2CC(=O)N(c3cccc(C)c3)C3=C2C(=O)CCC3)c1OC. The maximum absolute atomic E-state index is 13.3. The molecule has 0 radical (unpaired) electrons. The van der Waals surface area contributed by atoms with E-state index in [0.717, 1.165) is 34.5 Å². The molecule has 5 nitrogen and oxygen atoms in total. The van der Waals surface area contributed by atoms with Crippen LogP contribution in [0.5, 0.6) is 11.5 Å². The molecule has 0 fully saturated rings. The Labute approximate surface area is 170 Å². The third kappa shape index (κ3) is 3.31. The Morgan fingerprint density at radius 1 is 1.00 bits per heavy atom. The molecule has 4 rings (SSSR count).